The van der Waals surface area contributed by atoms with Gasteiger partial charge in [-0.1, -0.05) is 58.9 Å². The highest BCUT2D eigenvalue weighted by molar-refractivity contribution is 7.98. The minimum Gasteiger partial charge on any atom is -0.431 e. The van der Waals surface area contributed by atoms with Gasteiger partial charge in [-0.2, -0.15) is 9.78 Å². The number of hydrazone groups is 1. The molecule has 0 aliphatic heterocycles. The van der Waals surface area contributed by atoms with E-state index in [2.05, 4.69) is 40.8 Å². The number of carbonyl (C=O) groups excluding carboxylic acids is 1. The third-order valence-corrected chi connectivity index (χ3v) is 5.74. The third kappa shape index (κ3) is 4.33. The quantitative estimate of drug-likeness (QED) is 0.195. The van der Waals surface area contributed by atoms with Crippen molar-refractivity contribution < 1.29 is 13.8 Å². The maximum atomic E-state index is 12.8. The second-order valence-corrected chi connectivity index (χ2v) is 8.06. The van der Waals surface area contributed by atoms with E-state index in [0.717, 1.165) is 0 Å². The van der Waals surface area contributed by atoms with Gasteiger partial charge >= 0.3 is 0 Å². The normalized spacial score (nSPS) is 11.4. The molecule has 0 fully saturated rings. The van der Waals surface area contributed by atoms with Crippen LogP contribution in [-0.4, -0.2) is 42.4 Å². The van der Waals surface area contributed by atoms with Gasteiger partial charge in [0.15, 0.2) is 11.3 Å². The second kappa shape index (κ2) is 9.33. The number of benzene rings is 2. The number of rotatable bonds is 7. The number of hydrogen-bond acceptors (Lipinski definition) is 11. The molecule has 170 valence electrons. The number of aromatic nitrogens is 6. The zero-order valence-corrected chi connectivity index (χ0v) is 18.7. The molecule has 3 aromatic heterocycles. The van der Waals surface area contributed by atoms with Crippen LogP contribution < -0.4 is 11.2 Å². The monoisotopic (exact) mass is 495 g/mol. The number of halogens is 1. The lowest BCUT2D eigenvalue weighted by atomic mass is 10.2. The van der Waals surface area contributed by atoms with Gasteiger partial charge in [-0.25, -0.2) is 15.0 Å². The van der Waals surface area contributed by atoms with Crippen molar-refractivity contribution in [3.63, 3.8) is 0 Å². The molecule has 5 aromatic rings. The summed E-state index contributed by atoms with van der Waals surface area (Å²) in [6.45, 7) is 0. The van der Waals surface area contributed by atoms with Crippen molar-refractivity contribution in [2.24, 2.45) is 5.10 Å². The Morgan fingerprint density at radius 3 is 2.82 bits per heavy atom. The molecule has 0 unspecified atom stereocenters. The number of fused-ring (bicyclic) bond motifs is 1. The van der Waals surface area contributed by atoms with Gasteiger partial charge in [-0.15, -0.1) is 5.10 Å². The first-order valence-corrected chi connectivity index (χ1v) is 11.1. The highest BCUT2D eigenvalue weighted by atomic mass is 35.5. The predicted octanol–water partition coefficient (Wildman–Crippen LogP) is 3.08. The number of anilines is 1. The summed E-state index contributed by atoms with van der Waals surface area (Å²) in [5, 5.41) is 20.1. The maximum absolute atomic E-state index is 12.8. The molecule has 14 heteroatoms. The van der Waals surface area contributed by atoms with E-state index in [1.807, 2.05) is 24.3 Å². The number of hydrogen-bond donors (Lipinski definition) is 2. The van der Waals surface area contributed by atoms with Gasteiger partial charge in [-0.05, 0) is 28.5 Å². The van der Waals surface area contributed by atoms with Crippen LogP contribution in [0.1, 0.15) is 21.7 Å². The highest BCUT2D eigenvalue weighted by Crippen LogP contribution is 2.28. The smallest absolute Gasteiger partial charge is 0.293 e. The molecule has 0 aliphatic rings. The van der Waals surface area contributed by atoms with E-state index in [4.69, 9.17) is 21.8 Å². The first-order valence-electron chi connectivity index (χ1n) is 9.69. The van der Waals surface area contributed by atoms with Crippen LogP contribution in [0.3, 0.4) is 0 Å². The Morgan fingerprint density at radius 2 is 2.03 bits per heavy atom. The van der Waals surface area contributed by atoms with Crippen LogP contribution in [0.25, 0.3) is 16.9 Å². The van der Waals surface area contributed by atoms with E-state index in [-0.39, 0.29) is 23.1 Å². The van der Waals surface area contributed by atoms with Crippen LogP contribution in [0, 0.1) is 0 Å². The minimum atomic E-state index is -0.599. The predicted molar refractivity (Wildman–Crippen MR) is 124 cm³/mol. The summed E-state index contributed by atoms with van der Waals surface area (Å²) in [5.41, 5.74) is 10.6. The first-order chi connectivity index (χ1) is 16.6. The van der Waals surface area contributed by atoms with E-state index in [0.29, 0.717) is 32.6 Å². The van der Waals surface area contributed by atoms with Gasteiger partial charge in [-0.3, -0.25) is 4.79 Å². The molecule has 5 rings (SSSR count). The summed E-state index contributed by atoms with van der Waals surface area (Å²) >= 11 is 7.35. The number of para-hydroxylation sites is 2. The lowest BCUT2D eigenvalue weighted by Crippen LogP contribution is -2.20. The molecule has 0 aliphatic carbocycles. The molecule has 3 N–H and O–H groups in total. The maximum Gasteiger partial charge on any atom is 0.293 e. The van der Waals surface area contributed by atoms with E-state index in [1.165, 1.54) is 22.7 Å². The van der Waals surface area contributed by atoms with Crippen LogP contribution in [0.5, 0.6) is 0 Å². The lowest BCUT2D eigenvalue weighted by molar-refractivity contribution is 0.0949. The lowest BCUT2D eigenvalue weighted by Gasteiger charge is -2.04. The summed E-state index contributed by atoms with van der Waals surface area (Å²) in [4.78, 5) is 17.3. The Hall–Kier alpha value is -4.23. The van der Waals surface area contributed by atoms with Crippen LogP contribution >= 0.6 is 23.4 Å². The number of oxazole rings is 1. The van der Waals surface area contributed by atoms with Gasteiger partial charge in [0.2, 0.25) is 11.6 Å². The molecular weight excluding hydrogens is 482 g/mol. The largest absolute Gasteiger partial charge is 0.431 e. The zero-order chi connectivity index (χ0) is 23.5. The number of nitrogen functional groups attached to an aromatic ring is 1. The Bertz CT molecular complexity index is 1480. The second-order valence-electron chi connectivity index (χ2n) is 6.73. The number of nitrogens with zero attached hydrogens (tertiary/aromatic N) is 7. The van der Waals surface area contributed by atoms with Crippen LogP contribution in [0.2, 0.25) is 5.02 Å². The van der Waals surface area contributed by atoms with Crippen molar-refractivity contribution in [2.45, 2.75) is 11.0 Å². The van der Waals surface area contributed by atoms with Crippen molar-refractivity contribution in [3.8, 4) is 5.82 Å². The zero-order valence-electron chi connectivity index (χ0n) is 17.1. The standard InChI is InChI=1S/C20H14ClN9O3S/c21-12-6-2-1-5-11(12)9-23-26-19(31)16-14(30(29-25-16)18-17(22)27-33-28-18)10-34-20-24-13-7-3-4-8-15(13)32-20/h1-9H,10H2,(H2,22,27)(H,26,31)/b23-9-. The van der Waals surface area contributed by atoms with Gasteiger partial charge in [0, 0.05) is 16.3 Å². The van der Waals surface area contributed by atoms with Gasteiger partial charge in [0.05, 0.1) is 11.9 Å². The molecule has 0 saturated heterocycles. The van der Waals surface area contributed by atoms with Crippen LogP contribution in [-0.2, 0) is 5.75 Å². The summed E-state index contributed by atoms with van der Waals surface area (Å²) in [7, 11) is 0. The number of nitrogens with one attached hydrogen (secondary N) is 1. The Morgan fingerprint density at radius 1 is 1.21 bits per heavy atom. The van der Waals surface area contributed by atoms with Gasteiger partial charge < -0.3 is 10.2 Å². The topological polar surface area (TPSA) is 163 Å². The molecule has 12 nitrogen and oxygen atoms in total. The Labute approximate surface area is 200 Å². The fourth-order valence-corrected chi connectivity index (χ4v) is 3.97. The molecule has 0 bridgehead atoms. The van der Waals surface area contributed by atoms with Gasteiger partial charge in [0.25, 0.3) is 11.1 Å². The Balaban J connectivity index is 1.41. The van der Waals surface area contributed by atoms with E-state index in [1.54, 1.807) is 24.3 Å². The van der Waals surface area contributed by atoms with E-state index >= 15 is 0 Å². The van der Waals surface area contributed by atoms with Crippen molar-refractivity contribution in [2.75, 3.05) is 5.73 Å². The fourth-order valence-electron chi connectivity index (χ4n) is 2.95. The van der Waals surface area contributed by atoms with Crippen molar-refractivity contribution >= 4 is 52.4 Å². The first kappa shape index (κ1) is 21.6. The SMILES string of the molecule is Nc1nonc1-n1nnc(C(=O)N/N=C\c2ccccc2Cl)c1CSc1nc2ccccc2o1. The molecule has 0 atom stereocenters. The summed E-state index contributed by atoms with van der Waals surface area (Å²) in [5.74, 6) is -0.318. The average Bonchev–Trinajstić information content (AvgIpc) is 3.56. The molecule has 34 heavy (non-hydrogen) atoms. The van der Waals surface area contributed by atoms with E-state index in [9.17, 15) is 4.79 Å². The molecule has 3 heterocycles. The van der Waals surface area contributed by atoms with Crippen LogP contribution in [0.4, 0.5) is 5.82 Å². The fraction of sp³-hybridized carbons (Fsp3) is 0.0500. The highest BCUT2D eigenvalue weighted by Gasteiger charge is 2.24. The summed E-state index contributed by atoms with van der Waals surface area (Å²) in [6, 6.07) is 14.4. The van der Waals surface area contributed by atoms with Crippen molar-refractivity contribution in [1.82, 2.24) is 35.7 Å². The van der Waals surface area contributed by atoms with Crippen molar-refractivity contribution in [3.05, 3.63) is 70.5 Å². The molecule has 1 amide bonds. The average molecular weight is 496 g/mol. The number of carbonyl (C=O) groups is 1. The Kier molecular flexibility index (Phi) is 5.93. The number of nitrogens with two attached hydrogens (primary N) is 1. The van der Waals surface area contributed by atoms with Gasteiger partial charge in [0.1, 0.15) is 5.52 Å². The summed E-state index contributed by atoms with van der Waals surface area (Å²) < 4.78 is 11.7. The molecule has 2 aromatic carbocycles. The van der Waals surface area contributed by atoms with Crippen LogP contribution in [0.15, 0.2) is 67.9 Å². The minimum absolute atomic E-state index is 0.00215. The molecule has 0 saturated carbocycles. The number of amides is 1. The number of thioether (sulfide) groups is 1. The van der Waals surface area contributed by atoms with E-state index < -0.39 is 5.91 Å². The third-order valence-electron chi connectivity index (χ3n) is 4.56. The summed E-state index contributed by atoms with van der Waals surface area (Å²) in [6.07, 6.45) is 1.43. The van der Waals surface area contributed by atoms with Crippen molar-refractivity contribution in [1.29, 1.82) is 0 Å². The molecule has 0 spiro atoms. The molecule has 0 radical (unpaired) electrons. The molecular formula is C20H14ClN9O3S.